The minimum absolute atomic E-state index is 0.185. The minimum Gasteiger partial charge on any atom is -0.497 e. The van der Waals surface area contributed by atoms with E-state index in [0.717, 1.165) is 33.5 Å². The number of aryl methyl sites for hydroxylation is 2. The standard InChI is InChI=1S/C17H19BrN2O3/c1-19-17(21)16-12(8-13(18)10-20-16)5-4-11-6-14(22-2)9-15(7-11)23-3/h6-10H,4-5H2,1-3H3,(H,19,21). The zero-order valence-corrected chi connectivity index (χ0v) is 14.9. The first-order valence-corrected chi connectivity index (χ1v) is 7.95. The topological polar surface area (TPSA) is 60.5 Å². The van der Waals surface area contributed by atoms with Gasteiger partial charge in [-0.1, -0.05) is 0 Å². The number of pyridine rings is 1. The van der Waals surface area contributed by atoms with E-state index in [2.05, 4.69) is 26.2 Å². The molecule has 0 spiro atoms. The van der Waals surface area contributed by atoms with Crippen molar-refractivity contribution in [3.05, 3.63) is 51.8 Å². The van der Waals surface area contributed by atoms with E-state index < -0.39 is 0 Å². The van der Waals surface area contributed by atoms with E-state index in [1.807, 2.05) is 24.3 Å². The Bertz CT molecular complexity index is 682. The van der Waals surface area contributed by atoms with Crippen LogP contribution < -0.4 is 14.8 Å². The summed E-state index contributed by atoms with van der Waals surface area (Å²) < 4.78 is 11.4. The van der Waals surface area contributed by atoms with Gasteiger partial charge in [0.05, 0.1) is 14.2 Å². The SMILES string of the molecule is CNC(=O)c1ncc(Br)cc1CCc1cc(OC)cc(OC)c1. The van der Waals surface area contributed by atoms with Crippen LogP contribution in [0.1, 0.15) is 21.6 Å². The van der Waals surface area contributed by atoms with E-state index >= 15 is 0 Å². The van der Waals surface area contributed by atoms with Gasteiger partial charge in [-0.15, -0.1) is 0 Å². The molecule has 0 aliphatic carbocycles. The third-order valence-corrected chi connectivity index (χ3v) is 3.90. The highest BCUT2D eigenvalue weighted by Gasteiger charge is 2.13. The molecule has 0 fully saturated rings. The van der Waals surface area contributed by atoms with Crippen molar-refractivity contribution >= 4 is 21.8 Å². The van der Waals surface area contributed by atoms with Gasteiger partial charge >= 0.3 is 0 Å². The van der Waals surface area contributed by atoms with E-state index in [4.69, 9.17) is 9.47 Å². The highest BCUT2D eigenvalue weighted by atomic mass is 79.9. The fraction of sp³-hybridized carbons (Fsp3) is 0.294. The van der Waals surface area contributed by atoms with Crippen LogP contribution in [0.15, 0.2) is 34.9 Å². The highest BCUT2D eigenvalue weighted by molar-refractivity contribution is 9.10. The molecule has 0 unspecified atom stereocenters. The molecule has 1 heterocycles. The molecule has 23 heavy (non-hydrogen) atoms. The Kier molecular flexibility index (Phi) is 5.98. The number of hydrogen-bond donors (Lipinski definition) is 1. The Morgan fingerprint density at radius 1 is 1.13 bits per heavy atom. The second-order valence-corrected chi connectivity index (χ2v) is 5.88. The molecule has 2 aromatic rings. The van der Waals surface area contributed by atoms with Crippen molar-refractivity contribution < 1.29 is 14.3 Å². The van der Waals surface area contributed by atoms with Crippen molar-refractivity contribution in [2.24, 2.45) is 0 Å². The molecule has 1 aromatic carbocycles. The largest absolute Gasteiger partial charge is 0.497 e. The first kappa shape index (κ1) is 17.3. The fourth-order valence-corrected chi connectivity index (χ4v) is 2.66. The number of carbonyl (C=O) groups excluding carboxylic acids is 1. The lowest BCUT2D eigenvalue weighted by Crippen LogP contribution is -2.21. The number of carbonyl (C=O) groups is 1. The van der Waals surface area contributed by atoms with Crippen molar-refractivity contribution in [2.45, 2.75) is 12.8 Å². The molecule has 0 atom stereocenters. The van der Waals surface area contributed by atoms with Crippen LogP contribution in [-0.2, 0) is 12.8 Å². The van der Waals surface area contributed by atoms with E-state index in [0.29, 0.717) is 12.1 Å². The first-order valence-electron chi connectivity index (χ1n) is 7.15. The van der Waals surface area contributed by atoms with Crippen LogP contribution in [0.3, 0.4) is 0 Å². The summed E-state index contributed by atoms with van der Waals surface area (Å²) in [5.41, 5.74) is 2.41. The molecule has 0 radical (unpaired) electrons. The minimum atomic E-state index is -0.185. The lowest BCUT2D eigenvalue weighted by molar-refractivity contribution is 0.0957. The maximum Gasteiger partial charge on any atom is 0.269 e. The average molecular weight is 379 g/mol. The van der Waals surface area contributed by atoms with Crippen LogP contribution in [-0.4, -0.2) is 32.2 Å². The van der Waals surface area contributed by atoms with Gasteiger partial charge in [0.15, 0.2) is 0 Å². The molecule has 1 amide bonds. The van der Waals surface area contributed by atoms with Gasteiger partial charge in [-0.3, -0.25) is 4.79 Å². The van der Waals surface area contributed by atoms with Gasteiger partial charge in [0.2, 0.25) is 0 Å². The first-order chi connectivity index (χ1) is 11.1. The van der Waals surface area contributed by atoms with Gasteiger partial charge in [0.1, 0.15) is 17.2 Å². The quantitative estimate of drug-likeness (QED) is 0.838. The summed E-state index contributed by atoms with van der Waals surface area (Å²) in [4.78, 5) is 16.1. The second kappa shape index (κ2) is 7.97. The molecule has 0 saturated carbocycles. The van der Waals surface area contributed by atoms with E-state index in [1.165, 1.54) is 0 Å². The van der Waals surface area contributed by atoms with Gasteiger partial charge in [-0.2, -0.15) is 0 Å². The van der Waals surface area contributed by atoms with Crippen molar-refractivity contribution in [3.8, 4) is 11.5 Å². The summed E-state index contributed by atoms with van der Waals surface area (Å²) >= 11 is 3.41. The van der Waals surface area contributed by atoms with E-state index in [9.17, 15) is 4.79 Å². The van der Waals surface area contributed by atoms with Gasteiger partial charge in [0.25, 0.3) is 5.91 Å². The summed E-state index contributed by atoms with van der Waals surface area (Å²) in [6, 6.07) is 7.69. The van der Waals surface area contributed by atoms with Crippen molar-refractivity contribution in [2.75, 3.05) is 21.3 Å². The summed E-state index contributed by atoms with van der Waals surface area (Å²) in [5.74, 6) is 1.31. The number of nitrogens with one attached hydrogen (secondary N) is 1. The molecule has 0 aliphatic rings. The highest BCUT2D eigenvalue weighted by Crippen LogP contribution is 2.24. The number of hydrogen-bond acceptors (Lipinski definition) is 4. The molecule has 2 rings (SSSR count). The van der Waals surface area contributed by atoms with Crippen LogP contribution in [0.25, 0.3) is 0 Å². The lowest BCUT2D eigenvalue weighted by atomic mass is 10.0. The number of rotatable bonds is 6. The normalized spacial score (nSPS) is 10.3. The predicted octanol–water partition coefficient (Wildman–Crippen LogP) is 3.01. The number of benzene rings is 1. The third-order valence-electron chi connectivity index (χ3n) is 3.47. The fourth-order valence-electron chi connectivity index (χ4n) is 2.28. The molecule has 5 nitrogen and oxygen atoms in total. The Morgan fingerprint density at radius 2 is 1.78 bits per heavy atom. The molecule has 1 aromatic heterocycles. The third kappa shape index (κ3) is 4.45. The molecule has 1 N–H and O–H groups in total. The van der Waals surface area contributed by atoms with Crippen LogP contribution in [0.2, 0.25) is 0 Å². The molecule has 6 heteroatoms. The molecule has 0 bridgehead atoms. The monoisotopic (exact) mass is 378 g/mol. The zero-order chi connectivity index (χ0) is 16.8. The number of aromatic nitrogens is 1. The van der Waals surface area contributed by atoms with Crippen LogP contribution in [0, 0.1) is 0 Å². The second-order valence-electron chi connectivity index (χ2n) is 4.96. The van der Waals surface area contributed by atoms with Gasteiger partial charge in [-0.25, -0.2) is 4.98 Å². The number of ether oxygens (including phenoxy) is 2. The number of halogens is 1. The Balaban J connectivity index is 2.24. The van der Waals surface area contributed by atoms with Gasteiger partial charge < -0.3 is 14.8 Å². The molecule has 122 valence electrons. The molecular weight excluding hydrogens is 360 g/mol. The van der Waals surface area contributed by atoms with E-state index in [1.54, 1.807) is 27.5 Å². The average Bonchev–Trinajstić information content (AvgIpc) is 2.58. The summed E-state index contributed by atoms with van der Waals surface area (Å²) in [5, 5.41) is 2.62. The van der Waals surface area contributed by atoms with E-state index in [-0.39, 0.29) is 5.91 Å². The van der Waals surface area contributed by atoms with Crippen LogP contribution in [0.4, 0.5) is 0 Å². The van der Waals surface area contributed by atoms with Crippen molar-refractivity contribution in [1.29, 1.82) is 0 Å². The number of amides is 1. The molecule has 0 saturated heterocycles. The summed E-state index contributed by atoms with van der Waals surface area (Å²) in [6.45, 7) is 0. The van der Waals surface area contributed by atoms with Crippen LogP contribution >= 0.6 is 15.9 Å². The maximum atomic E-state index is 11.9. The van der Waals surface area contributed by atoms with Gasteiger partial charge in [-0.05, 0) is 58.1 Å². The Hall–Kier alpha value is -2.08. The van der Waals surface area contributed by atoms with Crippen molar-refractivity contribution in [1.82, 2.24) is 10.3 Å². The van der Waals surface area contributed by atoms with Crippen LogP contribution in [0.5, 0.6) is 11.5 Å². The Morgan fingerprint density at radius 3 is 2.35 bits per heavy atom. The van der Waals surface area contributed by atoms with Crippen molar-refractivity contribution in [3.63, 3.8) is 0 Å². The molecular formula is C17H19BrN2O3. The number of methoxy groups -OCH3 is 2. The predicted molar refractivity (Wildman–Crippen MR) is 92.3 cm³/mol. The lowest BCUT2D eigenvalue weighted by Gasteiger charge is -2.10. The molecule has 0 aliphatic heterocycles. The smallest absolute Gasteiger partial charge is 0.269 e. The Labute approximate surface area is 144 Å². The maximum absolute atomic E-state index is 11.9. The summed E-state index contributed by atoms with van der Waals surface area (Å²) in [6.07, 6.45) is 3.06. The zero-order valence-electron chi connectivity index (χ0n) is 13.4. The van der Waals surface area contributed by atoms with Gasteiger partial charge in [0, 0.05) is 23.8 Å². The summed E-state index contributed by atoms with van der Waals surface area (Å²) in [7, 11) is 4.85. The number of nitrogens with zero attached hydrogens (tertiary/aromatic N) is 1.